The van der Waals surface area contributed by atoms with Crippen molar-refractivity contribution in [1.82, 2.24) is 0 Å². The van der Waals surface area contributed by atoms with Crippen LogP contribution in [0.1, 0.15) is 29.9 Å². The smallest absolute Gasteiger partial charge is 0.305 e. The average molecular weight is 362 g/mol. The number of rotatable bonds is 8. The van der Waals surface area contributed by atoms with Crippen molar-refractivity contribution in [3.8, 4) is 0 Å². The molecule has 0 aliphatic rings. The molecule has 0 fully saturated rings. The number of aryl methyl sites for hydroxylation is 1. The molecule has 0 radical (unpaired) electrons. The standard InChI is InChI=1S/C19H22O5S/c1-15-8-11-18(12-9-15)25(21,22)24-14-17(10-13-19(20)23-2)16-6-4-3-5-7-16/h3-9,11-12,17H,10,13-14H2,1-2H3. The molecule has 0 aromatic heterocycles. The summed E-state index contributed by atoms with van der Waals surface area (Å²) in [6.45, 7) is 1.85. The third kappa shape index (κ3) is 5.69. The second-order valence-corrected chi connectivity index (χ2v) is 7.39. The molecule has 0 aliphatic heterocycles. The zero-order chi connectivity index (χ0) is 18.3. The van der Waals surface area contributed by atoms with Gasteiger partial charge in [0.25, 0.3) is 10.1 Å². The monoisotopic (exact) mass is 362 g/mol. The minimum atomic E-state index is -3.84. The Labute approximate surface area is 148 Å². The summed E-state index contributed by atoms with van der Waals surface area (Å²) in [6, 6.07) is 15.9. The zero-order valence-electron chi connectivity index (χ0n) is 14.3. The molecule has 0 amide bonds. The minimum absolute atomic E-state index is 0.0305. The summed E-state index contributed by atoms with van der Waals surface area (Å²) in [6.07, 6.45) is 0.643. The first-order valence-electron chi connectivity index (χ1n) is 8.00. The number of carbonyl (C=O) groups is 1. The number of methoxy groups -OCH3 is 1. The van der Waals surface area contributed by atoms with Gasteiger partial charge in [0.15, 0.2) is 0 Å². The van der Waals surface area contributed by atoms with E-state index in [0.717, 1.165) is 11.1 Å². The second-order valence-electron chi connectivity index (χ2n) is 5.77. The van der Waals surface area contributed by atoms with E-state index in [9.17, 15) is 13.2 Å². The lowest BCUT2D eigenvalue weighted by Crippen LogP contribution is -2.15. The van der Waals surface area contributed by atoms with Crippen LogP contribution >= 0.6 is 0 Å². The van der Waals surface area contributed by atoms with E-state index in [1.807, 2.05) is 37.3 Å². The Kier molecular flexibility index (Phi) is 6.73. The van der Waals surface area contributed by atoms with Crippen molar-refractivity contribution < 1.29 is 22.1 Å². The summed E-state index contributed by atoms with van der Waals surface area (Å²) in [5, 5.41) is 0. The SMILES string of the molecule is COC(=O)CCC(COS(=O)(=O)c1ccc(C)cc1)c1ccccc1. The van der Waals surface area contributed by atoms with Crippen molar-refractivity contribution in [2.24, 2.45) is 0 Å². The quantitative estimate of drug-likeness (QED) is 0.531. The Morgan fingerprint density at radius 3 is 2.28 bits per heavy atom. The van der Waals surface area contributed by atoms with Crippen LogP contribution in [0, 0.1) is 6.92 Å². The molecule has 1 unspecified atom stereocenters. The number of benzene rings is 2. The lowest BCUT2D eigenvalue weighted by molar-refractivity contribution is -0.140. The van der Waals surface area contributed by atoms with Crippen molar-refractivity contribution in [3.05, 3.63) is 65.7 Å². The van der Waals surface area contributed by atoms with E-state index < -0.39 is 10.1 Å². The Hall–Kier alpha value is -2.18. The van der Waals surface area contributed by atoms with Crippen LogP contribution in [0.5, 0.6) is 0 Å². The molecule has 2 aromatic carbocycles. The topological polar surface area (TPSA) is 69.7 Å². The molecule has 0 saturated heterocycles. The third-order valence-corrected chi connectivity index (χ3v) is 5.23. The van der Waals surface area contributed by atoms with E-state index in [-0.39, 0.29) is 29.8 Å². The van der Waals surface area contributed by atoms with E-state index in [1.165, 1.54) is 19.2 Å². The van der Waals surface area contributed by atoms with Crippen molar-refractivity contribution in [3.63, 3.8) is 0 Å². The predicted molar refractivity (Wildman–Crippen MR) is 94.7 cm³/mol. The number of carbonyl (C=O) groups excluding carboxylic acids is 1. The van der Waals surface area contributed by atoms with E-state index in [0.29, 0.717) is 6.42 Å². The lowest BCUT2D eigenvalue weighted by Gasteiger charge is -2.17. The van der Waals surface area contributed by atoms with Crippen LogP contribution in [0.25, 0.3) is 0 Å². The molecule has 5 nitrogen and oxygen atoms in total. The molecular weight excluding hydrogens is 340 g/mol. The third-order valence-electron chi connectivity index (χ3n) is 3.93. The van der Waals surface area contributed by atoms with Gasteiger partial charge >= 0.3 is 5.97 Å². The summed E-state index contributed by atoms with van der Waals surface area (Å²) >= 11 is 0. The minimum Gasteiger partial charge on any atom is -0.469 e. The maximum absolute atomic E-state index is 12.4. The van der Waals surface area contributed by atoms with Crippen LogP contribution in [0.3, 0.4) is 0 Å². The first-order valence-corrected chi connectivity index (χ1v) is 9.41. The van der Waals surface area contributed by atoms with Crippen molar-refractivity contribution in [2.45, 2.75) is 30.6 Å². The summed E-state index contributed by atoms with van der Waals surface area (Å²) in [4.78, 5) is 11.5. The van der Waals surface area contributed by atoms with E-state index in [1.54, 1.807) is 12.1 Å². The predicted octanol–water partition coefficient (Wildman–Crippen LogP) is 3.44. The van der Waals surface area contributed by atoms with E-state index in [2.05, 4.69) is 4.74 Å². The molecule has 134 valence electrons. The maximum atomic E-state index is 12.4. The molecular formula is C19H22O5S. The molecule has 0 aliphatic carbocycles. The number of esters is 1. The molecule has 25 heavy (non-hydrogen) atoms. The van der Waals surface area contributed by atoms with Crippen LogP contribution in [0.15, 0.2) is 59.5 Å². The highest BCUT2D eigenvalue weighted by Crippen LogP contribution is 2.24. The van der Waals surface area contributed by atoms with Gasteiger partial charge in [0.1, 0.15) is 0 Å². The molecule has 1 atom stereocenters. The van der Waals surface area contributed by atoms with Gasteiger partial charge in [0.05, 0.1) is 18.6 Å². The van der Waals surface area contributed by atoms with E-state index in [4.69, 9.17) is 4.18 Å². The molecule has 6 heteroatoms. The Morgan fingerprint density at radius 2 is 1.68 bits per heavy atom. The molecule has 0 N–H and O–H groups in total. The van der Waals surface area contributed by atoms with Gasteiger partial charge < -0.3 is 4.74 Å². The Balaban J connectivity index is 2.10. The summed E-state index contributed by atoms with van der Waals surface area (Å²) in [5.41, 5.74) is 1.89. The second kappa shape index (κ2) is 8.78. The number of hydrogen-bond donors (Lipinski definition) is 0. The number of hydrogen-bond acceptors (Lipinski definition) is 5. The largest absolute Gasteiger partial charge is 0.469 e. The fourth-order valence-electron chi connectivity index (χ4n) is 2.41. The van der Waals surface area contributed by atoms with Crippen LogP contribution in [-0.2, 0) is 23.8 Å². The van der Waals surface area contributed by atoms with Gasteiger partial charge in [0.2, 0.25) is 0 Å². The van der Waals surface area contributed by atoms with Crippen molar-refractivity contribution in [1.29, 1.82) is 0 Å². The van der Waals surface area contributed by atoms with Gasteiger partial charge in [-0.3, -0.25) is 8.98 Å². The normalized spacial score (nSPS) is 12.6. The Bertz CT molecular complexity index is 782. The van der Waals surface area contributed by atoms with Crippen LogP contribution in [0.2, 0.25) is 0 Å². The zero-order valence-corrected chi connectivity index (χ0v) is 15.2. The lowest BCUT2D eigenvalue weighted by atomic mass is 9.95. The number of ether oxygens (including phenoxy) is 1. The average Bonchev–Trinajstić information content (AvgIpc) is 2.62. The highest BCUT2D eigenvalue weighted by Gasteiger charge is 2.20. The van der Waals surface area contributed by atoms with Gasteiger partial charge in [0, 0.05) is 12.3 Å². The highest BCUT2D eigenvalue weighted by atomic mass is 32.2. The molecule has 0 heterocycles. The van der Waals surface area contributed by atoms with Crippen molar-refractivity contribution in [2.75, 3.05) is 13.7 Å². The van der Waals surface area contributed by atoms with Gasteiger partial charge in [-0.1, -0.05) is 48.0 Å². The summed E-state index contributed by atoms with van der Waals surface area (Å²) in [5.74, 6) is -0.553. The van der Waals surface area contributed by atoms with Gasteiger partial charge in [-0.25, -0.2) is 0 Å². The van der Waals surface area contributed by atoms with Crippen LogP contribution < -0.4 is 0 Å². The molecule has 0 saturated carbocycles. The van der Waals surface area contributed by atoms with Gasteiger partial charge in [-0.05, 0) is 31.0 Å². The molecule has 0 bridgehead atoms. The maximum Gasteiger partial charge on any atom is 0.305 e. The van der Waals surface area contributed by atoms with Gasteiger partial charge in [-0.15, -0.1) is 0 Å². The summed E-state index contributed by atoms with van der Waals surface area (Å²) < 4.78 is 34.6. The fourth-order valence-corrected chi connectivity index (χ4v) is 3.36. The van der Waals surface area contributed by atoms with Crippen molar-refractivity contribution >= 4 is 16.1 Å². The molecule has 2 rings (SSSR count). The van der Waals surface area contributed by atoms with E-state index >= 15 is 0 Å². The summed E-state index contributed by atoms with van der Waals surface area (Å²) in [7, 11) is -2.51. The molecule has 2 aromatic rings. The fraction of sp³-hybridized carbons (Fsp3) is 0.316. The van der Waals surface area contributed by atoms with Crippen LogP contribution in [-0.4, -0.2) is 28.1 Å². The highest BCUT2D eigenvalue weighted by molar-refractivity contribution is 7.86. The van der Waals surface area contributed by atoms with Gasteiger partial charge in [-0.2, -0.15) is 8.42 Å². The first kappa shape index (κ1) is 19.1. The van der Waals surface area contributed by atoms with Crippen LogP contribution in [0.4, 0.5) is 0 Å². The first-order chi connectivity index (χ1) is 11.9. The molecule has 0 spiro atoms. The Morgan fingerprint density at radius 1 is 1.04 bits per heavy atom.